The molecule has 0 amide bonds. The van der Waals surface area contributed by atoms with Crippen LogP contribution in [0.25, 0.3) is 0 Å². The van der Waals surface area contributed by atoms with Crippen molar-refractivity contribution in [2.24, 2.45) is 0 Å². The molecule has 0 saturated carbocycles. The molecule has 0 atom stereocenters. The molecule has 1 aliphatic carbocycles. The van der Waals surface area contributed by atoms with Gasteiger partial charge in [-0.2, -0.15) is 0 Å². The van der Waals surface area contributed by atoms with Crippen LogP contribution < -0.4 is 10.6 Å². The van der Waals surface area contributed by atoms with E-state index in [1.165, 1.54) is 17.7 Å². The van der Waals surface area contributed by atoms with Gasteiger partial charge in [0.15, 0.2) is 5.11 Å². The summed E-state index contributed by atoms with van der Waals surface area (Å²) in [6.45, 7) is 2.51. The molecule has 1 aliphatic rings. The van der Waals surface area contributed by atoms with Gasteiger partial charge in [-0.1, -0.05) is 42.1 Å². The second kappa shape index (κ2) is 11.5. The Morgan fingerprint density at radius 1 is 1.18 bits per heavy atom. The minimum Gasteiger partial charge on any atom is -0.462 e. The zero-order valence-electron chi connectivity index (χ0n) is 18.7. The number of hydrogen-bond acceptors (Lipinski definition) is 6. The Morgan fingerprint density at radius 2 is 1.91 bits per heavy atom. The first kappa shape index (κ1) is 24.9. The number of halogens is 2. The van der Waals surface area contributed by atoms with Crippen molar-refractivity contribution in [3.05, 3.63) is 56.1 Å². The molecule has 2 N–H and O–H groups in total. The van der Waals surface area contributed by atoms with Crippen LogP contribution in [0, 0.1) is 0 Å². The molecule has 11 heteroatoms. The number of aromatic nitrogens is 3. The number of hydrogen-bond donors (Lipinski definition) is 2. The molecule has 0 bridgehead atoms. The normalized spacial score (nSPS) is 13.5. The average Bonchev–Trinajstić information content (AvgIpc) is 3.34. The summed E-state index contributed by atoms with van der Waals surface area (Å²) >= 11 is 19.6. The van der Waals surface area contributed by atoms with E-state index in [-0.39, 0.29) is 5.97 Å². The van der Waals surface area contributed by atoms with Crippen LogP contribution in [0.3, 0.4) is 0 Å². The molecule has 7 nitrogen and oxygen atoms in total. The lowest BCUT2D eigenvalue weighted by Crippen LogP contribution is -2.21. The zero-order valence-corrected chi connectivity index (χ0v) is 21.8. The van der Waals surface area contributed by atoms with Gasteiger partial charge in [-0.05, 0) is 62.5 Å². The molecule has 0 radical (unpaired) electrons. The SMILES string of the molecule is CCOC(=O)c1c(NC(=S)Nc2ncn(Cc3c(Cl)cccc3Cl)n2)sc2c1CCCCCC2. The molecule has 2 heterocycles. The van der Waals surface area contributed by atoms with Gasteiger partial charge >= 0.3 is 5.97 Å². The maximum absolute atomic E-state index is 12.8. The fraction of sp³-hybridized carbons (Fsp3) is 0.391. The van der Waals surface area contributed by atoms with Crippen molar-refractivity contribution in [3.63, 3.8) is 0 Å². The van der Waals surface area contributed by atoms with Crippen LogP contribution in [0.15, 0.2) is 24.5 Å². The summed E-state index contributed by atoms with van der Waals surface area (Å²) in [6, 6.07) is 5.36. The van der Waals surface area contributed by atoms with Crippen LogP contribution in [0.5, 0.6) is 0 Å². The predicted octanol–water partition coefficient (Wildman–Crippen LogP) is 6.34. The number of esters is 1. The molecular weight excluding hydrogens is 513 g/mol. The van der Waals surface area contributed by atoms with E-state index in [4.69, 9.17) is 40.2 Å². The van der Waals surface area contributed by atoms with Crippen molar-refractivity contribution in [2.45, 2.75) is 52.0 Å². The fourth-order valence-electron chi connectivity index (χ4n) is 3.94. The van der Waals surface area contributed by atoms with Gasteiger partial charge in [-0.25, -0.2) is 14.5 Å². The Kier molecular flexibility index (Phi) is 8.41. The van der Waals surface area contributed by atoms with Gasteiger partial charge in [-0.3, -0.25) is 5.32 Å². The quantitative estimate of drug-likeness (QED) is 0.280. The maximum atomic E-state index is 12.8. The second-order valence-electron chi connectivity index (χ2n) is 7.89. The van der Waals surface area contributed by atoms with Crippen LogP contribution >= 0.6 is 46.8 Å². The van der Waals surface area contributed by atoms with E-state index in [1.54, 1.807) is 40.5 Å². The molecule has 34 heavy (non-hydrogen) atoms. The summed E-state index contributed by atoms with van der Waals surface area (Å²) in [5.74, 6) is 0.0122. The van der Waals surface area contributed by atoms with Gasteiger partial charge in [0.25, 0.3) is 0 Å². The molecule has 0 spiro atoms. The molecule has 2 aromatic heterocycles. The monoisotopic (exact) mass is 537 g/mol. The van der Waals surface area contributed by atoms with Crippen LogP contribution in [-0.2, 0) is 24.1 Å². The third-order valence-electron chi connectivity index (χ3n) is 5.52. The zero-order chi connectivity index (χ0) is 24.1. The van der Waals surface area contributed by atoms with E-state index < -0.39 is 0 Å². The number of thiophene rings is 1. The molecule has 180 valence electrons. The number of anilines is 2. The number of nitrogens with zero attached hydrogens (tertiary/aromatic N) is 3. The highest BCUT2D eigenvalue weighted by Crippen LogP contribution is 2.37. The molecule has 4 rings (SSSR count). The standard InChI is InChI=1S/C23H25Cl2N5O2S2/c1-2-32-21(31)19-14-8-5-3-4-6-11-18(14)34-20(19)27-23(33)28-22-26-13-30(29-22)12-15-16(24)9-7-10-17(15)25/h7,9-10,13H,2-6,8,11-12H2,1H3,(H2,27,28,29,33). The fourth-order valence-corrected chi connectivity index (χ4v) is 5.99. The second-order valence-corrected chi connectivity index (χ2v) is 10.2. The van der Waals surface area contributed by atoms with Crippen molar-refractivity contribution in [3.8, 4) is 0 Å². The summed E-state index contributed by atoms with van der Waals surface area (Å²) in [4.78, 5) is 18.3. The third kappa shape index (κ3) is 5.89. The largest absolute Gasteiger partial charge is 0.462 e. The molecule has 3 aromatic rings. The van der Waals surface area contributed by atoms with Gasteiger partial charge in [-0.15, -0.1) is 16.4 Å². The lowest BCUT2D eigenvalue weighted by molar-refractivity contribution is 0.0526. The van der Waals surface area contributed by atoms with Crippen LogP contribution in [0.1, 0.15) is 59.0 Å². The van der Waals surface area contributed by atoms with Crippen molar-refractivity contribution >= 4 is 68.8 Å². The molecule has 0 unspecified atom stereocenters. The lowest BCUT2D eigenvalue weighted by Gasteiger charge is -2.12. The van der Waals surface area contributed by atoms with Crippen LogP contribution in [-0.4, -0.2) is 32.5 Å². The Hall–Kier alpha value is -2.20. The van der Waals surface area contributed by atoms with Gasteiger partial charge in [0.1, 0.15) is 11.3 Å². The Balaban J connectivity index is 1.49. The Morgan fingerprint density at radius 3 is 2.65 bits per heavy atom. The lowest BCUT2D eigenvalue weighted by atomic mass is 9.96. The Labute approximate surface area is 217 Å². The molecule has 0 aliphatic heterocycles. The summed E-state index contributed by atoms with van der Waals surface area (Å²) in [6.07, 6.45) is 7.98. The van der Waals surface area contributed by atoms with Gasteiger partial charge in [0.05, 0.1) is 18.7 Å². The third-order valence-corrected chi connectivity index (χ3v) is 7.64. The first-order chi connectivity index (χ1) is 16.5. The van der Waals surface area contributed by atoms with Crippen molar-refractivity contribution in [1.29, 1.82) is 0 Å². The van der Waals surface area contributed by atoms with E-state index in [0.717, 1.165) is 36.8 Å². The molecular formula is C23H25Cl2N5O2S2. The summed E-state index contributed by atoms with van der Waals surface area (Å²) in [5.41, 5.74) is 2.45. The topological polar surface area (TPSA) is 81.1 Å². The number of fused-ring (bicyclic) bond motifs is 1. The minimum absolute atomic E-state index is 0.299. The van der Waals surface area contributed by atoms with Gasteiger partial charge < -0.3 is 10.1 Å². The number of nitrogens with one attached hydrogen (secondary N) is 2. The summed E-state index contributed by atoms with van der Waals surface area (Å²) in [7, 11) is 0. The number of aryl methyl sites for hydroxylation is 1. The summed E-state index contributed by atoms with van der Waals surface area (Å²) in [5, 5.41) is 12.7. The number of ether oxygens (including phenoxy) is 1. The number of rotatable bonds is 6. The first-order valence-electron chi connectivity index (χ1n) is 11.2. The highest BCUT2D eigenvalue weighted by Gasteiger charge is 2.26. The number of benzene rings is 1. The van der Waals surface area contributed by atoms with Crippen LogP contribution in [0.4, 0.5) is 10.9 Å². The minimum atomic E-state index is -0.315. The van der Waals surface area contributed by atoms with E-state index in [0.29, 0.717) is 44.8 Å². The van der Waals surface area contributed by atoms with Gasteiger partial charge in [0, 0.05) is 20.5 Å². The summed E-state index contributed by atoms with van der Waals surface area (Å²) < 4.78 is 6.98. The molecule has 1 aromatic carbocycles. The number of carbonyl (C=O) groups excluding carboxylic acids is 1. The number of carbonyl (C=O) groups is 1. The first-order valence-corrected chi connectivity index (χ1v) is 13.2. The molecule has 0 saturated heterocycles. The van der Waals surface area contributed by atoms with E-state index in [9.17, 15) is 4.79 Å². The highest BCUT2D eigenvalue weighted by molar-refractivity contribution is 7.80. The predicted molar refractivity (Wildman–Crippen MR) is 142 cm³/mol. The van der Waals surface area contributed by atoms with Crippen molar-refractivity contribution in [1.82, 2.24) is 14.8 Å². The maximum Gasteiger partial charge on any atom is 0.341 e. The number of thiocarbonyl (C=S) groups is 1. The van der Waals surface area contributed by atoms with E-state index in [1.807, 2.05) is 6.92 Å². The molecule has 0 fully saturated rings. The van der Waals surface area contributed by atoms with Crippen molar-refractivity contribution in [2.75, 3.05) is 17.2 Å². The van der Waals surface area contributed by atoms with Crippen LogP contribution in [0.2, 0.25) is 10.0 Å². The van der Waals surface area contributed by atoms with Gasteiger partial charge in [0.2, 0.25) is 5.95 Å². The van der Waals surface area contributed by atoms with Crippen molar-refractivity contribution < 1.29 is 9.53 Å². The smallest absolute Gasteiger partial charge is 0.341 e. The average molecular weight is 539 g/mol. The van der Waals surface area contributed by atoms with E-state index >= 15 is 0 Å². The Bertz CT molecular complexity index is 1170. The van der Waals surface area contributed by atoms with E-state index in [2.05, 4.69) is 20.7 Å². The highest BCUT2D eigenvalue weighted by atomic mass is 35.5.